The molecule has 0 unspecified atom stereocenters. The fourth-order valence-corrected chi connectivity index (χ4v) is 2.56. The normalized spacial score (nSPS) is 11.0. The molecule has 2 N–H and O–H groups in total. The number of rotatable bonds is 4. The molecule has 0 radical (unpaired) electrons. The van der Waals surface area contributed by atoms with Gasteiger partial charge in [0.05, 0.1) is 6.61 Å². The number of alkyl halides is 3. The summed E-state index contributed by atoms with van der Waals surface area (Å²) < 4.78 is 43.4. The Morgan fingerprint density at radius 2 is 1.88 bits per heavy atom. The van der Waals surface area contributed by atoms with Crippen LogP contribution in [0.2, 0.25) is 0 Å². The lowest BCUT2D eigenvalue weighted by Crippen LogP contribution is -2.19. The molecular weight excluding hydrogens is 347 g/mol. The van der Waals surface area contributed by atoms with Crippen molar-refractivity contribution in [3.63, 3.8) is 0 Å². The van der Waals surface area contributed by atoms with Crippen molar-refractivity contribution in [2.45, 2.75) is 13.1 Å². The zero-order valence-electron chi connectivity index (χ0n) is 12.3. The first kappa shape index (κ1) is 17.7. The van der Waals surface area contributed by atoms with Gasteiger partial charge >= 0.3 is 18.2 Å². The Balaban J connectivity index is 2.18. The second kappa shape index (κ2) is 7.30. The third-order valence-electron chi connectivity index (χ3n) is 2.61. The lowest BCUT2D eigenvalue weighted by molar-refractivity contribution is -0.141. The number of halogens is 3. The first-order valence-corrected chi connectivity index (χ1v) is 7.51. The quantitative estimate of drug-likeness (QED) is 0.809. The van der Waals surface area contributed by atoms with Crippen LogP contribution in [0.5, 0.6) is 0 Å². The van der Waals surface area contributed by atoms with E-state index in [4.69, 9.17) is 0 Å². The summed E-state index contributed by atoms with van der Waals surface area (Å²) >= 11 is 0.396. The first-order valence-electron chi connectivity index (χ1n) is 6.69. The van der Waals surface area contributed by atoms with Crippen LogP contribution < -0.4 is 10.6 Å². The molecule has 10 heteroatoms. The molecule has 6 nitrogen and oxygen atoms in total. The summed E-state index contributed by atoms with van der Waals surface area (Å²) in [7, 11) is 0. The van der Waals surface area contributed by atoms with Gasteiger partial charge < -0.3 is 10.1 Å². The highest BCUT2D eigenvalue weighted by molar-refractivity contribution is 7.17. The molecular formula is C14H12F3N3O3S. The zero-order chi connectivity index (χ0) is 17.7. The Bertz CT molecular complexity index is 732. The summed E-state index contributed by atoms with van der Waals surface area (Å²) in [6, 6.07) is 7.53. The topological polar surface area (TPSA) is 80.3 Å². The van der Waals surface area contributed by atoms with E-state index in [9.17, 15) is 22.8 Å². The van der Waals surface area contributed by atoms with E-state index in [0.29, 0.717) is 17.0 Å². The fraction of sp³-hybridized carbons (Fsp3) is 0.214. The lowest BCUT2D eigenvalue weighted by atomic mass is 10.3. The number of aromatic nitrogens is 1. The van der Waals surface area contributed by atoms with Crippen LogP contribution in [0.3, 0.4) is 0 Å². The molecule has 0 aliphatic heterocycles. The molecule has 128 valence electrons. The largest absolute Gasteiger partial charge is 0.462 e. The summed E-state index contributed by atoms with van der Waals surface area (Å²) in [5, 5.41) is 4.24. The minimum Gasteiger partial charge on any atom is -0.462 e. The number of hydrogen-bond donors (Lipinski definition) is 2. The molecule has 0 spiro atoms. The third kappa shape index (κ3) is 4.44. The van der Waals surface area contributed by atoms with Crippen LogP contribution in [-0.4, -0.2) is 23.6 Å². The number of nitrogens with one attached hydrogen (secondary N) is 2. The van der Waals surface area contributed by atoms with Gasteiger partial charge in [-0.3, -0.25) is 5.32 Å². The highest BCUT2D eigenvalue weighted by Gasteiger charge is 2.40. The number of hydrogen-bond acceptors (Lipinski definition) is 5. The second-order valence-electron chi connectivity index (χ2n) is 4.36. The predicted octanol–water partition coefficient (Wildman–Crippen LogP) is 3.98. The SMILES string of the molecule is CCOC(=O)c1sc(NC(=O)Nc2ccccc2)nc1C(F)(F)F. The number of esters is 1. The number of amides is 2. The maximum Gasteiger partial charge on any atom is 0.435 e. The summed E-state index contributed by atoms with van der Waals surface area (Å²) in [6.07, 6.45) is -4.84. The van der Waals surface area contributed by atoms with Gasteiger partial charge in [-0.05, 0) is 19.1 Å². The molecule has 1 aromatic heterocycles. The van der Waals surface area contributed by atoms with Gasteiger partial charge in [0.25, 0.3) is 0 Å². The molecule has 1 heterocycles. The molecule has 24 heavy (non-hydrogen) atoms. The van der Waals surface area contributed by atoms with Gasteiger partial charge in [-0.15, -0.1) is 0 Å². The maximum absolute atomic E-state index is 13.0. The molecule has 0 fully saturated rings. The van der Waals surface area contributed by atoms with E-state index in [1.54, 1.807) is 30.3 Å². The summed E-state index contributed by atoms with van der Waals surface area (Å²) in [4.78, 5) is 26.0. The van der Waals surface area contributed by atoms with Crippen LogP contribution in [-0.2, 0) is 10.9 Å². The number of para-hydroxylation sites is 1. The number of ether oxygens (including phenoxy) is 1. The molecule has 0 aliphatic carbocycles. The average Bonchev–Trinajstić information content (AvgIpc) is 2.92. The van der Waals surface area contributed by atoms with Gasteiger partial charge in [0.2, 0.25) is 0 Å². The van der Waals surface area contributed by atoms with E-state index in [-0.39, 0.29) is 11.7 Å². The predicted molar refractivity (Wildman–Crippen MR) is 82.2 cm³/mol. The number of nitrogens with zero attached hydrogens (tertiary/aromatic N) is 1. The smallest absolute Gasteiger partial charge is 0.435 e. The van der Waals surface area contributed by atoms with E-state index in [1.807, 2.05) is 0 Å². The molecule has 0 saturated carbocycles. The van der Waals surface area contributed by atoms with Crippen molar-refractivity contribution in [2.24, 2.45) is 0 Å². The van der Waals surface area contributed by atoms with Crippen molar-refractivity contribution < 1.29 is 27.5 Å². The van der Waals surface area contributed by atoms with Crippen LogP contribution in [0.4, 0.5) is 28.8 Å². The van der Waals surface area contributed by atoms with Crippen LogP contribution in [0, 0.1) is 0 Å². The number of urea groups is 1. The number of benzene rings is 1. The van der Waals surface area contributed by atoms with Gasteiger partial charge in [0.15, 0.2) is 10.8 Å². The van der Waals surface area contributed by atoms with E-state index in [0.717, 1.165) is 0 Å². The Kier molecular flexibility index (Phi) is 5.39. The molecule has 0 saturated heterocycles. The Morgan fingerprint density at radius 1 is 1.21 bits per heavy atom. The highest BCUT2D eigenvalue weighted by Crippen LogP contribution is 2.36. The molecule has 1 aromatic carbocycles. The van der Waals surface area contributed by atoms with Gasteiger partial charge in [-0.2, -0.15) is 13.2 Å². The van der Waals surface area contributed by atoms with Crippen LogP contribution >= 0.6 is 11.3 Å². The minimum atomic E-state index is -4.84. The molecule has 0 aliphatic rings. The number of carbonyl (C=O) groups is 2. The second-order valence-corrected chi connectivity index (χ2v) is 5.36. The van der Waals surface area contributed by atoms with Gasteiger partial charge in [-0.1, -0.05) is 29.5 Å². The number of anilines is 2. The van der Waals surface area contributed by atoms with Crippen molar-refractivity contribution >= 4 is 34.2 Å². The Labute approximate surface area is 138 Å². The average molecular weight is 359 g/mol. The zero-order valence-corrected chi connectivity index (χ0v) is 13.1. The van der Waals surface area contributed by atoms with E-state index < -0.39 is 28.7 Å². The summed E-state index contributed by atoms with van der Waals surface area (Å²) in [6.45, 7) is 1.39. The molecule has 2 aromatic rings. The van der Waals surface area contributed by atoms with Crippen molar-refractivity contribution in [1.82, 2.24) is 4.98 Å². The van der Waals surface area contributed by atoms with Crippen molar-refractivity contribution in [3.05, 3.63) is 40.9 Å². The van der Waals surface area contributed by atoms with E-state index in [2.05, 4.69) is 20.4 Å². The molecule has 0 bridgehead atoms. The van der Waals surface area contributed by atoms with Crippen LogP contribution in [0.15, 0.2) is 30.3 Å². The minimum absolute atomic E-state index is 0.0781. The molecule has 0 atom stereocenters. The van der Waals surface area contributed by atoms with Crippen molar-refractivity contribution in [2.75, 3.05) is 17.2 Å². The highest BCUT2D eigenvalue weighted by atomic mass is 32.1. The van der Waals surface area contributed by atoms with Gasteiger partial charge in [-0.25, -0.2) is 14.6 Å². The Hall–Kier alpha value is -2.62. The lowest BCUT2D eigenvalue weighted by Gasteiger charge is -2.05. The van der Waals surface area contributed by atoms with Crippen molar-refractivity contribution in [3.8, 4) is 0 Å². The van der Waals surface area contributed by atoms with E-state index >= 15 is 0 Å². The van der Waals surface area contributed by atoms with Crippen LogP contribution in [0.1, 0.15) is 22.3 Å². The maximum atomic E-state index is 13.0. The number of carbonyl (C=O) groups excluding carboxylic acids is 2. The third-order valence-corrected chi connectivity index (χ3v) is 3.56. The molecule has 2 amide bonds. The Morgan fingerprint density at radius 3 is 2.46 bits per heavy atom. The van der Waals surface area contributed by atoms with Crippen LogP contribution in [0.25, 0.3) is 0 Å². The summed E-state index contributed by atoms with van der Waals surface area (Å²) in [5.74, 6) is -1.14. The van der Waals surface area contributed by atoms with Gasteiger partial charge in [0, 0.05) is 5.69 Å². The van der Waals surface area contributed by atoms with E-state index in [1.165, 1.54) is 6.92 Å². The monoisotopic (exact) mass is 359 g/mol. The van der Waals surface area contributed by atoms with Crippen molar-refractivity contribution in [1.29, 1.82) is 0 Å². The fourth-order valence-electron chi connectivity index (χ4n) is 1.68. The summed E-state index contributed by atoms with van der Waals surface area (Å²) in [5.41, 5.74) is -0.936. The molecule has 2 rings (SSSR count). The standard InChI is InChI=1S/C14H12F3N3O3S/c1-2-23-11(21)9-10(14(15,16)17)19-13(24-9)20-12(22)18-8-6-4-3-5-7-8/h3-7H,2H2,1H3,(H2,18,19,20,22). The number of thiazole rings is 1. The van der Waals surface area contributed by atoms with Gasteiger partial charge in [0.1, 0.15) is 4.88 Å². The first-order chi connectivity index (χ1) is 11.3.